The Bertz CT molecular complexity index is 709. The zero-order chi connectivity index (χ0) is 19.0. The van der Waals surface area contributed by atoms with E-state index in [0.29, 0.717) is 0 Å². The Morgan fingerprint density at radius 1 is 0.852 bits per heavy atom. The van der Waals surface area contributed by atoms with Crippen LogP contribution in [0.25, 0.3) is 0 Å². The molecule has 0 bridgehead atoms. The van der Waals surface area contributed by atoms with Crippen molar-refractivity contribution in [3.05, 3.63) is 34.9 Å². The number of nitrogens with zero attached hydrogens (tertiary/aromatic N) is 1. The SMILES string of the molecule is C[C@H]1[C@@H]2[C@H](C[C@H]1C)[C@@H]1c3cccc(CCN4[C@H](C)[C@H](C)C[C@H](C)[C@@H]4C)c3[C@@H]12. The van der Waals surface area contributed by atoms with Crippen molar-refractivity contribution >= 4 is 0 Å². The summed E-state index contributed by atoms with van der Waals surface area (Å²) in [6, 6.07) is 8.72. The Balaban J connectivity index is 1.35. The predicted molar refractivity (Wildman–Crippen MR) is 114 cm³/mol. The minimum absolute atomic E-state index is 0.724. The van der Waals surface area contributed by atoms with Gasteiger partial charge in [0.05, 0.1) is 0 Å². The van der Waals surface area contributed by atoms with E-state index in [-0.39, 0.29) is 0 Å². The fraction of sp³-hybridized carbons (Fsp3) is 0.769. The highest BCUT2D eigenvalue weighted by Crippen LogP contribution is 2.73. The van der Waals surface area contributed by atoms with Gasteiger partial charge in [0.15, 0.2) is 0 Å². The molecule has 0 N–H and O–H groups in total. The van der Waals surface area contributed by atoms with Crippen molar-refractivity contribution in [1.29, 1.82) is 0 Å². The minimum Gasteiger partial charge on any atom is -0.297 e. The number of piperidine rings is 1. The monoisotopic (exact) mass is 365 g/mol. The van der Waals surface area contributed by atoms with Crippen LogP contribution in [-0.4, -0.2) is 23.5 Å². The number of hydrogen-bond acceptors (Lipinski definition) is 1. The van der Waals surface area contributed by atoms with E-state index < -0.39 is 0 Å². The molecule has 5 rings (SSSR count). The van der Waals surface area contributed by atoms with Crippen LogP contribution in [0.2, 0.25) is 0 Å². The lowest BCUT2D eigenvalue weighted by atomic mass is 9.44. The summed E-state index contributed by atoms with van der Waals surface area (Å²) < 4.78 is 0. The number of hydrogen-bond donors (Lipinski definition) is 0. The van der Waals surface area contributed by atoms with Crippen LogP contribution in [0.15, 0.2) is 18.2 Å². The highest BCUT2D eigenvalue weighted by atomic mass is 15.2. The van der Waals surface area contributed by atoms with E-state index in [9.17, 15) is 0 Å². The topological polar surface area (TPSA) is 3.24 Å². The quantitative estimate of drug-likeness (QED) is 0.627. The molecule has 4 aliphatic rings. The largest absolute Gasteiger partial charge is 0.297 e. The van der Waals surface area contributed by atoms with E-state index in [1.54, 1.807) is 16.7 Å². The standard InChI is InChI=1S/C26H39N/c1-14-13-22-23(17(14)4)26-24-20(8-7-9-21(24)25(22)26)10-11-27-18(5)15(2)12-16(3)19(27)6/h7-9,14-19,22-23,25-26H,10-13H2,1-6H3/t14-,15-,16+,17-,18-,19+,22+,23-,25+,26+/m1/s1. The van der Waals surface area contributed by atoms with Crippen molar-refractivity contribution in [2.24, 2.45) is 35.5 Å². The van der Waals surface area contributed by atoms with Gasteiger partial charge in [0.2, 0.25) is 0 Å². The Morgan fingerprint density at radius 2 is 1.56 bits per heavy atom. The van der Waals surface area contributed by atoms with Gasteiger partial charge in [-0.3, -0.25) is 4.90 Å². The first-order valence-electron chi connectivity index (χ1n) is 11.8. The molecule has 1 aromatic rings. The molecule has 1 heteroatoms. The van der Waals surface area contributed by atoms with Crippen molar-refractivity contribution in [2.45, 2.75) is 84.7 Å². The van der Waals surface area contributed by atoms with Crippen LogP contribution in [0.1, 0.15) is 82.9 Å². The van der Waals surface area contributed by atoms with Crippen LogP contribution in [0.4, 0.5) is 0 Å². The highest BCUT2D eigenvalue weighted by Gasteiger charge is 2.63. The summed E-state index contributed by atoms with van der Waals surface area (Å²) in [5.41, 5.74) is 5.22. The first kappa shape index (κ1) is 18.2. The zero-order valence-electron chi connectivity index (χ0n) is 18.3. The molecule has 0 spiro atoms. The molecule has 0 amide bonds. The van der Waals surface area contributed by atoms with Crippen molar-refractivity contribution in [3.8, 4) is 0 Å². The third-order valence-corrected chi connectivity index (χ3v) is 9.90. The second kappa shape index (κ2) is 6.34. The summed E-state index contributed by atoms with van der Waals surface area (Å²) in [6.45, 7) is 16.1. The molecule has 10 atom stereocenters. The molecule has 0 aromatic heterocycles. The summed E-state index contributed by atoms with van der Waals surface area (Å²) >= 11 is 0. The minimum atomic E-state index is 0.724. The first-order valence-corrected chi connectivity index (χ1v) is 11.8. The molecular weight excluding hydrogens is 326 g/mol. The Hall–Kier alpha value is -0.820. The van der Waals surface area contributed by atoms with E-state index in [0.717, 1.165) is 59.4 Å². The van der Waals surface area contributed by atoms with Crippen LogP contribution in [0, 0.1) is 35.5 Å². The van der Waals surface area contributed by atoms with Gasteiger partial charge >= 0.3 is 0 Å². The smallest absolute Gasteiger partial charge is 0.00957 e. The van der Waals surface area contributed by atoms with Crippen LogP contribution >= 0.6 is 0 Å². The van der Waals surface area contributed by atoms with Gasteiger partial charge in [-0.1, -0.05) is 45.9 Å². The number of rotatable bonds is 3. The second-order valence-corrected chi connectivity index (χ2v) is 10.9. The lowest BCUT2D eigenvalue weighted by Crippen LogP contribution is -2.52. The van der Waals surface area contributed by atoms with Gasteiger partial charge in [0, 0.05) is 18.6 Å². The number of benzene rings is 1. The average molecular weight is 366 g/mol. The number of fused-ring (bicyclic) bond motifs is 7. The summed E-state index contributed by atoms with van der Waals surface area (Å²) in [5.74, 6) is 7.35. The zero-order valence-corrected chi connectivity index (χ0v) is 18.3. The van der Waals surface area contributed by atoms with E-state index in [1.165, 1.54) is 25.8 Å². The molecule has 148 valence electrons. The predicted octanol–water partition coefficient (Wildman–Crippen LogP) is 6.09. The maximum Gasteiger partial charge on any atom is 0.00957 e. The van der Waals surface area contributed by atoms with Crippen molar-refractivity contribution in [3.63, 3.8) is 0 Å². The third-order valence-electron chi connectivity index (χ3n) is 9.90. The van der Waals surface area contributed by atoms with Crippen LogP contribution in [0.3, 0.4) is 0 Å². The molecule has 27 heavy (non-hydrogen) atoms. The molecule has 1 nitrogen and oxygen atoms in total. The summed E-state index contributed by atoms with van der Waals surface area (Å²) in [4.78, 5) is 2.82. The van der Waals surface area contributed by atoms with Crippen molar-refractivity contribution < 1.29 is 0 Å². The Labute approximate surface area is 166 Å². The van der Waals surface area contributed by atoms with Gasteiger partial charge in [0.25, 0.3) is 0 Å². The van der Waals surface area contributed by atoms with Gasteiger partial charge < -0.3 is 0 Å². The molecule has 3 aliphatic carbocycles. The van der Waals surface area contributed by atoms with E-state index in [2.05, 4.69) is 64.6 Å². The maximum atomic E-state index is 2.82. The molecular formula is C26H39N. The third kappa shape index (κ3) is 2.46. The molecule has 1 heterocycles. The van der Waals surface area contributed by atoms with Crippen LogP contribution in [0.5, 0.6) is 0 Å². The molecule has 0 unspecified atom stereocenters. The Morgan fingerprint density at radius 3 is 2.26 bits per heavy atom. The van der Waals surface area contributed by atoms with Crippen LogP contribution < -0.4 is 0 Å². The summed E-state index contributed by atoms with van der Waals surface area (Å²) in [7, 11) is 0. The first-order chi connectivity index (χ1) is 12.9. The molecule has 3 fully saturated rings. The van der Waals surface area contributed by atoms with Crippen molar-refractivity contribution in [1.82, 2.24) is 4.90 Å². The van der Waals surface area contributed by atoms with Gasteiger partial charge in [-0.25, -0.2) is 0 Å². The lowest BCUT2D eigenvalue weighted by molar-refractivity contribution is 0.0281. The molecule has 1 saturated heterocycles. The van der Waals surface area contributed by atoms with E-state index in [4.69, 9.17) is 0 Å². The fourth-order valence-electron chi connectivity index (χ4n) is 7.82. The molecule has 2 saturated carbocycles. The maximum absolute atomic E-state index is 2.82. The van der Waals surface area contributed by atoms with E-state index >= 15 is 0 Å². The second-order valence-electron chi connectivity index (χ2n) is 10.9. The molecule has 0 radical (unpaired) electrons. The van der Waals surface area contributed by atoms with Gasteiger partial charge in [-0.15, -0.1) is 0 Å². The highest BCUT2D eigenvalue weighted by molar-refractivity contribution is 5.55. The van der Waals surface area contributed by atoms with E-state index in [1.807, 2.05) is 0 Å². The summed E-state index contributed by atoms with van der Waals surface area (Å²) in [6.07, 6.45) is 4.12. The van der Waals surface area contributed by atoms with Gasteiger partial charge in [0.1, 0.15) is 0 Å². The Kier molecular flexibility index (Phi) is 4.28. The average Bonchev–Trinajstić information content (AvgIpc) is 2.84. The van der Waals surface area contributed by atoms with Gasteiger partial charge in [-0.2, -0.15) is 0 Å². The summed E-state index contributed by atoms with van der Waals surface area (Å²) in [5, 5.41) is 0. The normalized spacial score (nSPS) is 48.2. The molecule has 1 aromatic carbocycles. The van der Waals surface area contributed by atoms with Crippen molar-refractivity contribution in [2.75, 3.05) is 6.54 Å². The lowest BCUT2D eigenvalue weighted by Gasteiger charge is -2.60. The van der Waals surface area contributed by atoms with Crippen LogP contribution in [-0.2, 0) is 6.42 Å². The fourth-order valence-corrected chi connectivity index (χ4v) is 7.82. The molecule has 1 aliphatic heterocycles. The van der Waals surface area contributed by atoms with Gasteiger partial charge in [-0.05, 0) is 97.1 Å². The number of likely N-dealkylation sites (tertiary alicyclic amines) is 1.